The van der Waals surface area contributed by atoms with E-state index in [1.54, 1.807) is 17.4 Å². The quantitative estimate of drug-likeness (QED) is 0.736. The van der Waals surface area contributed by atoms with Crippen LogP contribution in [-0.4, -0.2) is 4.98 Å². The molecule has 0 aliphatic heterocycles. The molecule has 2 heterocycles. The summed E-state index contributed by atoms with van der Waals surface area (Å²) in [6, 6.07) is 9.14. The van der Waals surface area contributed by atoms with E-state index in [9.17, 15) is 4.39 Å². The molecule has 5 heteroatoms. The van der Waals surface area contributed by atoms with Crippen LogP contribution in [0.25, 0.3) is 10.2 Å². The summed E-state index contributed by atoms with van der Waals surface area (Å²) in [4.78, 5) is 7.05. The third-order valence-electron chi connectivity index (χ3n) is 2.88. The summed E-state index contributed by atoms with van der Waals surface area (Å²) in [5.41, 5.74) is 0.837. The van der Waals surface area contributed by atoms with Crippen molar-refractivity contribution in [2.75, 3.05) is 5.32 Å². The number of rotatable bonds is 3. The van der Waals surface area contributed by atoms with Gasteiger partial charge in [0, 0.05) is 9.75 Å². The summed E-state index contributed by atoms with van der Waals surface area (Å²) in [5, 5.41) is 4.21. The Labute approximate surface area is 118 Å². The molecule has 1 atom stereocenters. The van der Waals surface area contributed by atoms with Crippen LogP contribution in [0.15, 0.2) is 30.3 Å². The molecule has 3 aromatic rings. The predicted molar refractivity (Wildman–Crippen MR) is 80.7 cm³/mol. The Morgan fingerprint density at radius 3 is 2.79 bits per heavy atom. The number of hydrogen-bond acceptors (Lipinski definition) is 4. The number of thiazole rings is 1. The summed E-state index contributed by atoms with van der Waals surface area (Å²) < 4.78 is 14.0. The first-order valence-electron chi connectivity index (χ1n) is 6.01. The van der Waals surface area contributed by atoms with Gasteiger partial charge in [-0.25, -0.2) is 9.37 Å². The highest BCUT2D eigenvalue weighted by Crippen LogP contribution is 2.31. The Morgan fingerprint density at radius 2 is 2.05 bits per heavy atom. The number of benzene rings is 1. The molecule has 0 amide bonds. The molecular weight excluding hydrogens is 279 g/mol. The van der Waals surface area contributed by atoms with E-state index in [0.717, 1.165) is 15.3 Å². The standard InChI is InChI=1S/C14H13FN2S2/c1-8-3-6-12(18-8)9(2)16-14-17-11-5-4-10(15)7-13(11)19-14/h3-7,9H,1-2H3,(H,16,17). The number of aromatic nitrogens is 1. The Bertz CT molecular complexity index is 717. The zero-order chi connectivity index (χ0) is 13.4. The molecular formula is C14H13FN2S2. The average molecular weight is 292 g/mol. The molecule has 0 fully saturated rings. The minimum Gasteiger partial charge on any atom is -0.354 e. The molecule has 0 radical (unpaired) electrons. The maximum Gasteiger partial charge on any atom is 0.184 e. The van der Waals surface area contributed by atoms with E-state index < -0.39 is 0 Å². The van der Waals surface area contributed by atoms with Crippen molar-refractivity contribution < 1.29 is 4.39 Å². The van der Waals surface area contributed by atoms with Gasteiger partial charge >= 0.3 is 0 Å². The SMILES string of the molecule is Cc1ccc(C(C)Nc2nc3ccc(F)cc3s2)s1. The van der Waals surface area contributed by atoms with Gasteiger partial charge in [-0.3, -0.25) is 0 Å². The summed E-state index contributed by atoms with van der Waals surface area (Å²) >= 11 is 3.26. The monoisotopic (exact) mass is 292 g/mol. The van der Waals surface area contributed by atoms with Crippen molar-refractivity contribution in [3.8, 4) is 0 Å². The maximum atomic E-state index is 13.1. The molecule has 0 saturated heterocycles. The number of hydrogen-bond donors (Lipinski definition) is 1. The van der Waals surface area contributed by atoms with Crippen LogP contribution in [0.3, 0.4) is 0 Å². The third-order valence-corrected chi connectivity index (χ3v) is 5.01. The zero-order valence-corrected chi connectivity index (χ0v) is 12.2. The van der Waals surface area contributed by atoms with Crippen LogP contribution in [0.1, 0.15) is 22.7 Å². The lowest BCUT2D eigenvalue weighted by molar-refractivity contribution is 0.630. The minimum absolute atomic E-state index is 0.212. The van der Waals surface area contributed by atoms with E-state index in [-0.39, 0.29) is 11.9 Å². The Hall–Kier alpha value is -1.46. The topological polar surface area (TPSA) is 24.9 Å². The first-order valence-corrected chi connectivity index (χ1v) is 7.64. The fourth-order valence-corrected chi connectivity index (χ4v) is 3.76. The second-order valence-corrected chi connectivity index (χ2v) is 6.80. The third kappa shape index (κ3) is 2.62. The normalized spacial score (nSPS) is 12.8. The van der Waals surface area contributed by atoms with Crippen molar-refractivity contribution in [3.05, 3.63) is 45.9 Å². The van der Waals surface area contributed by atoms with Gasteiger partial charge in [0.1, 0.15) is 5.82 Å². The predicted octanol–water partition coefficient (Wildman–Crippen LogP) is 4.98. The summed E-state index contributed by atoms with van der Waals surface area (Å²) in [6.07, 6.45) is 0. The van der Waals surface area contributed by atoms with Gasteiger partial charge in [0.15, 0.2) is 5.13 Å². The van der Waals surface area contributed by atoms with Crippen molar-refractivity contribution in [1.82, 2.24) is 4.98 Å². The van der Waals surface area contributed by atoms with Crippen molar-refractivity contribution in [3.63, 3.8) is 0 Å². The second kappa shape index (κ2) is 4.90. The van der Waals surface area contributed by atoms with Crippen LogP contribution in [0.2, 0.25) is 0 Å². The highest BCUT2D eigenvalue weighted by Gasteiger charge is 2.11. The van der Waals surface area contributed by atoms with Crippen LogP contribution >= 0.6 is 22.7 Å². The van der Waals surface area contributed by atoms with Crippen LogP contribution < -0.4 is 5.32 Å². The minimum atomic E-state index is -0.218. The van der Waals surface area contributed by atoms with Gasteiger partial charge in [-0.15, -0.1) is 11.3 Å². The summed E-state index contributed by atoms with van der Waals surface area (Å²) in [6.45, 7) is 4.21. The van der Waals surface area contributed by atoms with Gasteiger partial charge in [0.25, 0.3) is 0 Å². The van der Waals surface area contributed by atoms with E-state index in [1.165, 1.54) is 33.2 Å². The smallest absolute Gasteiger partial charge is 0.184 e. The molecule has 0 bridgehead atoms. The van der Waals surface area contributed by atoms with E-state index >= 15 is 0 Å². The van der Waals surface area contributed by atoms with Gasteiger partial charge in [-0.05, 0) is 44.2 Å². The fraction of sp³-hybridized carbons (Fsp3) is 0.214. The number of thiophene rings is 1. The number of nitrogens with one attached hydrogen (secondary N) is 1. The van der Waals surface area contributed by atoms with Crippen molar-refractivity contribution in [2.24, 2.45) is 0 Å². The zero-order valence-electron chi connectivity index (χ0n) is 10.6. The van der Waals surface area contributed by atoms with Crippen LogP contribution in [0, 0.1) is 12.7 Å². The number of aryl methyl sites for hydroxylation is 1. The second-order valence-electron chi connectivity index (χ2n) is 4.45. The van der Waals surface area contributed by atoms with Gasteiger partial charge < -0.3 is 5.32 Å². The lowest BCUT2D eigenvalue weighted by Gasteiger charge is -2.10. The highest BCUT2D eigenvalue weighted by atomic mass is 32.1. The number of fused-ring (bicyclic) bond motifs is 1. The molecule has 2 aromatic heterocycles. The highest BCUT2D eigenvalue weighted by molar-refractivity contribution is 7.22. The number of halogens is 1. The molecule has 0 aliphatic rings. The van der Waals surface area contributed by atoms with Crippen molar-refractivity contribution in [2.45, 2.75) is 19.9 Å². The maximum absolute atomic E-state index is 13.1. The van der Waals surface area contributed by atoms with Gasteiger partial charge in [-0.2, -0.15) is 0 Å². The van der Waals surface area contributed by atoms with Gasteiger partial charge in [-0.1, -0.05) is 11.3 Å². The molecule has 1 N–H and O–H groups in total. The average Bonchev–Trinajstić information content (AvgIpc) is 2.94. The number of anilines is 1. The first kappa shape index (κ1) is 12.6. The van der Waals surface area contributed by atoms with E-state index in [0.29, 0.717) is 0 Å². The van der Waals surface area contributed by atoms with Crippen LogP contribution in [-0.2, 0) is 0 Å². The van der Waals surface area contributed by atoms with Crippen molar-refractivity contribution in [1.29, 1.82) is 0 Å². The Balaban J connectivity index is 1.85. The molecule has 1 unspecified atom stereocenters. The van der Waals surface area contributed by atoms with E-state index in [1.807, 2.05) is 0 Å². The molecule has 1 aromatic carbocycles. The lowest BCUT2D eigenvalue weighted by atomic mass is 10.3. The van der Waals surface area contributed by atoms with Gasteiger partial charge in [0.2, 0.25) is 0 Å². The van der Waals surface area contributed by atoms with Gasteiger partial charge in [0.05, 0.1) is 16.3 Å². The Kier molecular flexibility index (Phi) is 3.24. The fourth-order valence-electron chi connectivity index (χ4n) is 1.90. The molecule has 0 spiro atoms. The van der Waals surface area contributed by atoms with Crippen LogP contribution in [0.4, 0.5) is 9.52 Å². The lowest BCUT2D eigenvalue weighted by Crippen LogP contribution is -2.03. The van der Waals surface area contributed by atoms with E-state index in [2.05, 4.69) is 36.3 Å². The van der Waals surface area contributed by atoms with E-state index in [4.69, 9.17) is 0 Å². The molecule has 2 nitrogen and oxygen atoms in total. The number of nitrogens with zero attached hydrogens (tertiary/aromatic N) is 1. The largest absolute Gasteiger partial charge is 0.354 e. The summed E-state index contributed by atoms with van der Waals surface area (Å²) in [5.74, 6) is -0.218. The molecule has 0 saturated carbocycles. The Morgan fingerprint density at radius 1 is 1.21 bits per heavy atom. The first-order chi connectivity index (χ1) is 9.11. The molecule has 3 rings (SSSR count). The van der Waals surface area contributed by atoms with Crippen LogP contribution in [0.5, 0.6) is 0 Å². The summed E-state index contributed by atoms with van der Waals surface area (Å²) in [7, 11) is 0. The molecule has 98 valence electrons. The molecule has 19 heavy (non-hydrogen) atoms. The van der Waals surface area contributed by atoms with Crippen molar-refractivity contribution >= 4 is 38.0 Å². The molecule has 0 aliphatic carbocycles.